The number of thioether (sulfide) groups is 1. The molecule has 1 amide bonds. The summed E-state index contributed by atoms with van der Waals surface area (Å²) in [7, 11) is 3.96. The van der Waals surface area contributed by atoms with Crippen molar-refractivity contribution in [2.45, 2.75) is 24.0 Å². The molecule has 122 valence electrons. The first-order valence-electron chi connectivity index (χ1n) is 6.86. The van der Waals surface area contributed by atoms with E-state index in [1.54, 1.807) is 6.92 Å². The van der Waals surface area contributed by atoms with Gasteiger partial charge in [-0.25, -0.2) is 4.79 Å². The minimum atomic E-state index is -1.03. The molecule has 0 aliphatic rings. The highest BCUT2D eigenvalue weighted by molar-refractivity contribution is 7.98. The van der Waals surface area contributed by atoms with E-state index in [9.17, 15) is 9.59 Å². The summed E-state index contributed by atoms with van der Waals surface area (Å²) in [6.45, 7) is 1.61. The number of nitrogens with zero attached hydrogens (tertiary/aromatic N) is 1. The van der Waals surface area contributed by atoms with Gasteiger partial charge in [0.2, 0.25) is 5.91 Å². The lowest BCUT2D eigenvalue weighted by Crippen LogP contribution is -2.45. The molecular weight excluding hydrogens is 320 g/mol. The van der Waals surface area contributed by atoms with Crippen molar-refractivity contribution in [3.05, 3.63) is 29.8 Å². The van der Waals surface area contributed by atoms with Crippen LogP contribution in [0.5, 0.6) is 0 Å². The maximum absolute atomic E-state index is 11.5. The molecule has 0 heterocycles. The predicted molar refractivity (Wildman–Crippen MR) is 94.9 cm³/mol. The van der Waals surface area contributed by atoms with Crippen LogP contribution in [-0.4, -0.2) is 48.1 Å². The van der Waals surface area contributed by atoms with E-state index in [-0.39, 0.29) is 5.91 Å². The number of carboxylic acid groups (broad SMARTS) is 1. The number of anilines is 1. The number of aliphatic carboxylic acids is 1. The third kappa shape index (κ3) is 6.19. The number of amides is 1. The number of carbonyl (C=O) groups excluding carboxylic acids is 1. The van der Waals surface area contributed by atoms with Crippen LogP contribution in [0.2, 0.25) is 0 Å². The van der Waals surface area contributed by atoms with E-state index < -0.39 is 17.3 Å². The molecule has 1 rings (SSSR count). The number of carboxylic acids is 1. The van der Waals surface area contributed by atoms with Crippen molar-refractivity contribution in [3.63, 3.8) is 0 Å². The zero-order valence-corrected chi connectivity index (χ0v) is 14.7. The van der Waals surface area contributed by atoms with Gasteiger partial charge in [-0.1, -0.05) is 12.1 Å². The van der Waals surface area contributed by atoms with Crippen LogP contribution in [0.15, 0.2) is 24.3 Å². The Morgan fingerprint density at radius 3 is 2.36 bits per heavy atom. The average Bonchev–Trinajstić information content (AvgIpc) is 2.46. The van der Waals surface area contributed by atoms with Crippen LogP contribution < -0.4 is 10.2 Å². The summed E-state index contributed by atoms with van der Waals surface area (Å²) >= 11 is 5.47. The van der Waals surface area contributed by atoms with Crippen LogP contribution in [0.3, 0.4) is 0 Å². The Balaban J connectivity index is 2.49. The second-order valence-corrected chi connectivity index (χ2v) is 6.96. The molecule has 0 fully saturated rings. The number of rotatable bonds is 8. The van der Waals surface area contributed by atoms with Gasteiger partial charge in [-0.2, -0.15) is 24.4 Å². The van der Waals surface area contributed by atoms with E-state index in [2.05, 4.69) is 17.9 Å². The van der Waals surface area contributed by atoms with Gasteiger partial charge < -0.3 is 15.3 Å². The molecule has 0 spiro atoms. The molecule has 22 heavy (non-hydrogen) atoms. The first-order chi connectivity index (χ1) is 10.3. The molecule has 0 saturated heterocycles. The van der Waals surface area contributed by atoms with E-state index >= 15 is 0 Å². The second-order valence-electron chi connectivity index (χ2n) is 5.15. The topological polar surface area (TPSA) is 69.6 Å². The van der Waals surface area contributed by atoms with Gasteiger partial charge in [-0.15, -0.1) is 0 Å². The number of hydrogen-bond donors (Lipinski definition) is 3. The molecule has 0 aliphatic carbocycles. The summed E-state index contributed by atoms with van der Waals surface area (Å²) in [5, 5.41) is 11.1. The normalized spacial score (nSPS) is 13.3. The van der Waals surface area contributed by atoms with Crippen molar-refractivity contribution in [1.29, 1.82) is 0 Å². The van der Waals surface area contributed by atoms with Crippen LogP contribution >= 0.6 is 24.4 Å². The third-order valence-electron chi connectivity index (χ3n) is 3.00. The largest absolute Gasteiger partial charge is 0.480 e. The molecular formula is C15H22N2O3S2. The van der Waals surface area contributed by atoms with Crippen molar-refractivity contribution in [2.24, 2.45) is 0 Å². The maximum Gasteiger partial charge on any atom is 0.327 e. The third-order valence-corrected chi connectivity index (χ3v) is 4.34. The van der Waals surface area contributed by atoms with Gasteiger partial charge >= 0.3 is 5.97 Å². The molecule has 0 aromatic heterocycles. The van der Waals surface area contributed by atoms with Crippen molar-refractivity contribution < 1.29 is 14.7 Å². The fourth-order valence-corrected chi connectivity index (χ4v) is 2.73. The monoisotopic (exact) mass is 342 g/mol. The van der Waals surface area contributed by atoms with Gasteiger partial charge in [0.25, 0.3) is 0 Å². The zero-order valence-electron chi connectivity index (χ0n) is 12.9. The molecule has 1 aromatic carbocycles. The molecule has 0 unspecified atom stereocenters. The predicted octanol–water partition coefficient (Wildman–Crippen LogP) is 1.87. The Morgan fingerprint density at radius 1 is 1.32 bits per heavy atom. The van der Waals surface area contributed by atoms with E-state index in [1.807, 2.05) is 43.3 Å². The number of thiol groups is 1. The highest BCUT2D eigenvalue weighted by atomic mass is 32.2. The summed E-state index contributed by atoms with van der Waals surface area (Å²) in [5.74, 6) is -0.384. The molecule has 7 heteroatoms. The molecule has 0 bridgehead atoms. The van der Waals surface area contributed by atoms with Gasteiger partial charge in [0.15, 0.2) is 0 Å². The summed E-state index contributed by atoms with van der Waals surface area (Å²) in [6.07, 6.45) is 0. The molecule has 5 nitrogen and oxygen atoms in total. The van der Waals surface area contributed by atoms with Gasteiger partial charge in [-0.3, -0.25) is 4.79 Å². The van der Waals surface area contributed by atoms with Gasteiger partial charge in [0.05, 0.1) is 5.25 Å². The molecule has 0 radical (unpaired) electrons. The average molecular weight is 342 g/mol. The minimum Gasteiger partial charge on any atom is -0.480 e. The Kier molecular flexibility index (Phi) is 7.61. The van der Waals surface area contributed by atoms with Crippen molar-refractivity contribution in [2.75, 3.05) is 24.7 Å². The van der Waals surface area contributed by atoms with Crippen molar-refractivity contribution in [1.82, 2.24) is 5.32 Å². The zero-order chi connectivity index (χ0) is 16.7. The standard InChI is InChI=1S/C15H22N2O3S2/c1-10(21)14(18)16-13(15(19)20)9-22-8-11-4-6-12(7-5-11)17(2)3/h4-7,10,13,21H,8-9H2,1-3H3,(H,16,18)(H,19,20)/t10-,13-/m0/s1. The van der Waals surface area contributed by atoms with Crippen molar-refractivity contribution in [3.8, 4) is 0 Å². The minimum absolute atomic E-state index is 0.316. The molecule has 0 saturated carbocycles. The Bertz CT molecular complexity index is 504. The summed E-state index contributed by atoms with van der Waals surface area (Å²) in [4.78, 5) is 24.7. The Morgan fingerprint density at radius 2 is 1.91 bits per heavy atom. The number of nitrogens with one attached hydrogen (secondary N) is 1. The van der Waals surface area contributed by atoms with Crippen LogP contribution in [-0.2, 0) is 15.3 Å². The first-order valence-corrected chi connectivity index (χ1v) is 8.53. The highest BCUT2D eigenvalue weighted by Gasteiger charge is 2.21. The molecule has 2 N–H and O–H groups in total. The summed E-state index contributed by atoms with van der Waals surface area (Å²) < 4.78 is 0. The van der Waals surface area contributed by atoms with Crippen LogP contribution in [0, 0.1) is 0 Å². The molecule has 2 atom stereocenters. The Hall–Kier alpha value is -1.34. The lowest BCUT2D eigenvalue weighted by molar-refractivity contribution is -0.140. The lowest BCUT2D eigenvalue weighted by atomic mass is 10.2. The summed E-state index contributed by atoms with van der Waals surface area (Å²) in [6, 6.07) is 7.19. The molecule has 1 aromatic rings. The fourth-order valence-electron chi connectivity index (χ4n) is 1.65. The molecule has 0 aliphatic heterocycles. The highest BCUT2D eigenvalue weighted by Crippen LogP contribution is 2.17. The fraction of sp³-hybridized carbons (Fsp3) is 0.467. The number of benzene rings is 1. The number of carbonyl (C=O) groups is 2. The maximum atomic E-state index is 11.5. The van der Waals surface area contributed by atoms with Crippen LogP contribution in [0.1, 0.15) is 12.5 Å². The second kappa shape index (κ2) is 8.95. The summed E-state index contributed by atoms with van der Waals surface area (Å²) in [5.41, 5.74) is 2.24. The Labute approximate surface area is 140 Å². The van der Waals surface area contributed by atoms with E-state index in [4.69, 9.17) is 5.11 Å². The van der Waals surface area contributed by atoms with Crippen LogP contribution in [0.4, 0.5) is 5.69 Å². The smallest absolute Gasteiger partial charge is 0.327 e. The van der Waals surface area contributed by atoms with Gasteiger partial charge in [-0.05, 0) is 24.6 Å². The van der Waals surface area contributed by atoms with Gasteiger partial charge in [0.1, 0.15) is 6.04 Å². The van der Waals surface area contributed by atoms with Crippen molar-refractivity contribution >= 4 is 42.0 Å². The van der Waals surface area contributed by atoms with E-state index in [1.165, 1.54) is 11.8 Å². The van der Waals surface area contributed by atoms with Crippen LogP contribution in [0.25, 0.3) is 0 Å². The first kappa shape index (κ1) is 18.7. The van der Waals surface area contributed by atoms with E-state index in [0.29, 0.717) is 11.5 Å². The SMILES string of the molecule is C[C@H](S)C(=O)N[C@@H](CSCc1ccc(N(C)C)cc1)C(=O)O. The van der Waals surface area contributed by atoms with Gasteiger partial charge in [0, 0.05) is 31.3 Å². The quantitative estimate of drug-likeness (QED) is 0.629. The lowest BCUT2D eigenvalue weighted by Gasteiger charge is -2.16. The van der Waals surface area contributed by atoms with E-state index in [0.717, 1.165) is 11.3 Å². The number of hydrogen-bond acceptors (Lipinski definition) is 5.